The van der Waals surface area contributed by atoms with Crippen molar-refractivity contribution < 1.29 is 32.7 Å². The maximum atomic E-state index is 12.8. The molecule has 0 unspecified atom stereocenters. The van der Waals surface area contributed by atoms with Crippen molar-refractivity contribution in [2.75, 3.05) is 39.3 Å². The first-order valence-corrected chi connectivity index (χ1v) is 10.0. The number of hydrogen-bond acceptors (Lipinski definition) is 5. The largest absolute Gasteiger partial charge is 0.490 e. The van der Waals surface area contributed by atoms with Gasteiger partial charge >= 0.3 is 12.1 Å². The van der Waals surface area contributed by atoms with Crippen LogP contribution in [0.1, 0.15) is 36.2 Å². The van der Waals surface area contributed by atoms with Crippen molar-refractivity contribution in [3.8, 4) is 6.07 Å². The van der Waals surface area contributed by atoms with Crippen LogP contribution in [-0.4, -0.2) is 78.1 Å². The number of aliphatic carboxylic acids is 1. The third kappa shape index (κ3) is 9.34. The first-order valence-electron chi connectivity index (χ1n) is 10.0. The number of rotatable bonds is 6. The lowest BCUT2D eigenvalue weighted by Gasteiger charge is -2.29. The summed E-state index contributed by atoms with van der Waals surface area (Å²) in [6.45, 7) is 8.23. The molecule has 1 aromatic rings. The van der Waals surface area contributed by atoms with E-state index in [9.17, 15) is 22.8 Å². The van der Waals surface area contributed by atoms with Crippen molar-refractivity contribution in [3.63, 3.8) is 0 Å². The van der Waals surface area contributed by atoms with Gasteiger partial charge in [0, 0.05) is 51.3 Å². The maximum Gasteiger partial charge on any atom is 0.490 e. The first-order chi connectivity index (χ1) is 15.0. The van der Waals surface area contributed by atoms with E-state index < -0.39 is 12.1 Å². The van der Waals surface area contributed by atoms with Crippen LogP contribution in [-0.2, 0) is 9.59 Å². The minimum absolute atomic E-state index is 0.0914. The molecule has 0 aliphatic carbocycles. The number of alkyl halides is 3. The Morgan fingerprint density at radius 1 is 1.19 bits per heavy atom. The second kappa shape index (κ2) is 12.7. The number of hydrogen-bond donors (Lipinski definition) is 2. The summed E-state index contributed by atoms with van der Waals surface area (Å²) in [6, 6.07) is 8.69. The van der Waals surface area contributed by atoms with Crippen molar-refractivity contribution in [2.45, 2.75) is 26.4 Å². The third-order valence-corrected chi connectivity index (χ3v) is 4.44. The van der Waals surface area contributed by atoms with E-state index in [4.69, 9.17) is 15.2 Å². The molecule has 32 heavy (non-hydrogen) atoms. The van der Waals surface area contributed by atoms with Crippen LogP contribution < -0.4 is 5.32 Å². The number of piperazine rings is 1. The number of halogens is 3. The number of carboxylic acids is 1. The monoisotopic (exact) mass is 456 g/mol. The molecule has 0 radical (unpaired) electrons. The molecule has 176 valence electrons. The van der Waals surface area contributed by atoms with Gasteiger partial charge in [-0.2, -0.15) is 18.4 Å². The van der Waals surface area contributed by atoms with Gasteiger partial charge in [0.25, 0.3) is 5.91 Å². The second-order valence-electron chi connectivity index (χ2n) is 7.52. The molecule has 1 fully saturated rings. The van der Waals surface area contributed by atoms with Crippen LogP contribution in [0.25, 0.3) is 0 Å². The van der Waals surface area contributed by atoms with E-state index in [0.717, 1.165) is 26.2 Å². The topological polar surface area (TPSA) is 114 Å². The molecule has 0 saturated carbocycles. The molecular formula is C21H27F3N4O4. The molecule has 0 aromatic heterocycles. The van der Waals surface area contributed by atoms with Gasteiger partial charge in [0.2, 0.25) is 5.91 Å². The van der Waals surface area contributed by atoms with E-state index in [1.807, 2.05) is 4.90 Å². The van der Waals surface area contributed by atoms with E-state index in [-0.39, 0.29) is 11.8 Å². The van der Waals surface area contributed by atoms with E-state index in [2.05, 4.69) is 25.2 Å². The minimum atomic E-state index is -5.08. The van der Waals surface area contributed by atoms with Crippen LogP contribution in [0.4, 0.5) is 13.2 Å². The third-order valence-electron chi connectivity index (χ3n) is 4.44. The average Bonchev–Trinajstić information content (AvgIpc) is 2.76. The fourth-order valence-corrected chi connectivity index (χ4v) is 2.89. The lowest BCUT2D eigenvalue weighted by atomic mass is 10.1. The molecule has 0 spiro atoms. The highest BCUT2D eigenvalue weighted by Gasteiger charge is 2.38. The SMILES string of the molecule is CC(C)CN(CCC(=O)N1CCNCC1)C(=O)c1ccc(C#N)cc1.O=C(O)C(F)(F)F. The average molecular weight is 456 g/mol. The van der Waals surface area contributed by atoms with E-state index in [0.29, 0.717) is 36.6 Å². The zero-order valence-corrected chi connectivity index (χ0v) is 18.0. The van der Waals surface area contributed by atoms with Gasteiger partial charge in [0.1, 0.15) is 0 Å². The Kier molecular flexibility index (Phi) is 10.6. The Balaban J connectivity index is 0.000000633. The zero-order valence-electron chi connectivity index (χ0n) is 18.0. The fraction of sp³-hybridized carbons (Fsp3) is 0.524. The van der Waals surface area contributed by atoms with Gasteiger partial charge in [-0.3, -0.25) is 9.59 Å². The molecule has 2 rings (SSSR count). The molecule has 0 atom stereocenters. The molecule has 2 amide bonds. The highest BCUT2D eigenvalue weighted by molar-refractivity contribution is 5.94. The zero-order chi connectivity index (χ0) is 24.3. The normalized spacial score (nSPS) is 13.6. The van der Waals surface area contributed by atoms with Crippen molar-refractivity contribution in [1.29, 1.82) is 5.26 Å². The molecule has 1 aromatic carbocycles. The van der Waals surface area contributed by atoms with Crippen LogP contribution in [0.15, 0.2) is 24.3 Å². The van der Waals surface area contributed by atoms with Crippen molar-refractivity contribution >= 4 is 17.8 Å². The number of nitriles is 1. The van der Waals surface area contributed by atoms with Gasteiger partial charge in [-0.25, -0.2) is 4.79 Å². The summed E-state index contributed by atoms with van der Waals surface area (Å²) >= 11 is 0. The molecule has 1 aliphatic heterocycles. The predicted octanol–water partition coefficient (Wildman–Crippen LogP) is 2.11. The summed E-state index contributed by atoms with van der Waals surface area (Å²) in [4.78, 5) is 37.6. The number of nitrogens with zero attached hydrogens (tertiary/aromatic N) is 3. The van der Waals surface area contributed by atoms with Crippen molar-refractivity contribution in [1.82, 2.24) is 15.1 Å². The number of carbonyl (C=O) groups excluding carboxylic acids is 2. The molecular weight excluding hydrogens is 429 g/mol. The standard InChI is InChI=1S/C19H26N4O2.C2HF3O2/c1-15(2)14-23(10-7-18(24)22-11-8-21-9-12-22)19(25)17-5-3-16(13-20)4-6-17;3-2(4,5)1(6)7/h3-6,15,21H,7-12,14H2,1-2H3;(H,6,7). The lowest BCUT2D eigenvalue weighted by Crippen LogP contribution is -2.47. The Morgan fingerprint density at radius 3 is 2.16 bits per heavy atom. The molecule has 8 nitrogen and oxygen atoms in total. The molecule has 11 heteroatoms. The minimum Gasteiger partial charge on any atom is -0.475 e. The highest BCUT2D eigenvalue weighted by atomic mass is 19.4. The van der Waals surface area contributed by atoms with Crippen LogP contribution in [0.2, 0.25) is 0 Å². The van der Waals surface area contributed by atoms with Gasteiger partial charge in [0.05, 0.1) is 11.6 Å². The quantitative estimate of drug-likeness (QED) is 0.678. The summed E-state index contributed by atoms with van der Waals surface area (Å²) in [5, 5.41) is 19.2. The van der Waals surface area contributed by atoms with Crippen molar-refractivity contribution in [3.05, 3.63) is 35.4 Å². The van der Waals surface area contributed by atoms with E-state index in [1.54, 1.807) is 29.2 Å². The number of carboxylic acid groups (broad SMARTS) is 1. The van der Waals surface area contributed by atoms with Gasteiger partial charge in [-0.05, 0) is 30.2 Å². The van der Waals surface area contributed by atoms with Crippen LogP contribution in [0, 0.1) is 17.2 Å². The van der Waals surface area contributed by atoms with Gasteiger partial charge < -0.3 is 20.2 Å². The number of benzene rings is 1. The van der Waals surface area contributed by atoms with Gasteiger partial charge in [-0.15, -0.1) is 0 Å². The van der Waals surface area contributed by atoms with Gasteiger partial charge in [0.15, 0.2) is 0 Å². The molecule has 1 saturated heterocycles. The second-order valence-corrected chi connectivity index (χ2v) is 7.52. The van der Waals surface area contributed by atoms with Gasteiger partial charge in [-0.1, -0.05) is 13.8 Å². The summed E-state index contributed by atoms with van der Waals surface area (Å²) < 4.78 is 31.7. The fourth-order valence-electron chi connectivity index (χ4n) is 2.89. The van der Waals surface area contributed by atoms with Crippen LogP contribution in [0.3, 0.4) is 0 Å². The van der Waals surface area contributed by atoms with E-state index >= 15 is 0 Å². The summed E-state index contributed by atoms with van der Waals surface area (Å²) in [5.41, 5.74) is 1.08. The summed E-state index contributed by atoms with van der Waals surface area (Å²) in [5.74, 6) is -2.43. The molecule has 2 N–H and O–H groups in total. The Hall–Kier alpha value is -3.13. The highest BCUT2D eigenvalue weighted by Crippen LogP contribution is 2.13. The maximum absolute atomic E-state index is 12.8. The number of amides is 2. The molecule has 0 bridgehead atoms. The summed E-state index contributed by atoms with van der Waals surface area (Å²) in [7, 11) is 0. The Bertz CT molecular complexity index is 814. The molecule has 1 aliphatic rings. The van der Waals surface area contributed by atoms with Crippen molar-refractivity contribution in [2.24, 2.45) is 5.92 Å². The first kappa shape index (κ1) is 26.9. The van der Waals surface area contributed by atoms with Crippen LogP contribution >= 0.6 is 0 Å². The molecule has 1 heterocycles. The van der Waals surface area contributed by atoms with Crippen LogP contribution in [0.5, 0.6) is 0 Å². The number of carbonyl (C=O) groups is 3. The number of nitrogens with one attached hydrogen (secondary N) is 1. The smallest absolute Gasteiger partial charge is 0.475 e. The Labute approximate surface area is 184 Å². The Morgan fingerprint density at radius 2 is 1.72 bits per heavy atom. The lowest BCUT2D eigenvalue weighted by molar-refractivity contribution is -0.192. The van der Waals surface area contributed by atoms with E-state index in [1.165, 1.54) is 0 Å². The predicted molar refractivity (Wildman–Crippen MR) is 110 cm³/mol. The summed E-state index contributed by atoms with van der Waals surface area (Å²) in [6.07, 6.45) is -4.74.